The molecular formula is C17H16ClN3O4S2. The van der Waals surface area contributed by atoms with Crippen LogP contribution in [0.25, 0.3) is 11.3 Å². The highest BCUT2D eigenvalue weighted by atomic mass is 35.5. The lowest BCUT2D eigenvalue weighted by Crippen LogP contribution is -2.07. The first-order valence-electron chi connectivity index (χ1n) is 8.33. The first kappa shape index (κ1) is 18.5. The van der Waals surface area contributed by atoms with E-state index in [2.05, 4.69) is 15.2 Å². The number of halogens is 1. The van der Waals surface area contributed by atoms with E-state index in [1.807, 2.05) is 12.1 Å². The molecule has 1 aliphatic rings. The zero-order valence-corrected chi connectivity index (χ0v) is 16.6. The van der Waals surface area contributed by atoms with Gasteiger partial charge in [0.2, 0.25) is 11.8 Å². The Balaban J connectivity index is 1.33. The van der Waals surface area contributed by atoms with E-state index in [4.69, 9.17) is 20.4 Å². The third-order valence-corrected chi connectivity index (χ3v) is 7.13. The average Bonchev–Trinajstić information content (AvgIpc) is 3.34. The summed E-state index contributed by atoms with van der Waals surface area (Å²) in [6, 6.07) is 7.33. The van der Waals surface area contributed by atoms with Gasteiger partial charge in [-0.25, -0.2) is 13.4 Å². The van der Waals surface area contributed by atoms with Crippen LogP contribution in [0, 0.1) is 5.92 Å². The van der Waals surface area contributed by atoms with Gasteiger partial charge in [-0.15, -0.1) is 10.2 Å². The van der Waals surface area contributed by atoms with E-state index in [9.17, 15) is 8.42 Å². The van der Waals surface area contributed by atoms with Crippen LogP contribution in [0.3, 0.4) is 0 Å². The Labute approximate surface area is 165 Å². The van der Waals surface area contributed by atoms with Crippen molar-refractivity contribution in [3.63, 3.8) is 0 Å². The Hall–Kier alpha value is -1.84. The predicted octanol–water partition coefficient (Wildman–Crippen LogP) is 3.65. The number of thioether (sulfide) groups is 1. The Kier molecular flexibility index (Phi) is 5.25. The monoisotopic (exact) mass is 425 g/mol. The highest BCUT2D eigenvalue weighted by Gasteiger charge is 2.29. The van der Waals surface area contributed by atoms with Gasteiger partial charge in [-0.3, -0.25) is 0 Å². The molecule has 7 nitrogen and oxygen atoms in total. The van der Waals surface area contributed by atoms with Crippen LogP contribution in [0.4, 0.5) is 0 Å². The number of rotatable bonds is 6. The van der Waals surface area contributed by atoms with Crippen molar-refractivity contribution in [1.82, 2.24) is 15.2 Å². The van der Waals surface area contributed by atoms with Crippen molar-refractivity contribution in [1.29, 1.82) is 0 Å². The number of sulfone groups is 1. The summed E-state index contributed by atoms with van der Waals surface area (Å²) in [6.45, 7) is 0. The summed E-state index contributed by atoms with van der Waals surface area (Å²) in [5.41, 5.74) is 0.898. The minimum atomic E-state index is -2.90. The number of oxazole rings is 1. The lowest BCUT2D eigenvalue weighted by atomic mass is 10.1. The molecule has 0 unspecified atom stereocenters. The van der Waals surface area contributed by atoms with E-state index in [0.717, 1.165) is 5.56 Å². The second-order valence-corrected chi connectivity index (χ2v) is 9.94. The molecule has 0 radical (unpaired) electrons. The van der Waals surface area contributed by atoms with Gasteiger partial charge in [0, 0.05) is 17.0 Å². The molecule has 1 aromatic carbocycles. The topological polar surface area (TPSA) is 99.1 Å². The molecule has 0 N–H and O–H groups in total. The second kappa shape index (κ2) is 7.65. The number of hydrogen-bond donors (Lipinski definition) is 0. The summed E-state index contributed by atoms with van der Waals surface area (Å²) < 4.78 is 34.4. The molecule has 27 heavy (non-hydrogen) atoms. The zero-order valence-electron chi connectivity index (χ0n) is 14.2. The fourth-order valence-electron chi connectivity index (χ4n) is 2.91. The van der Waals surface area contributed by atoms with Gasteiger partial charge in [0.05, 0.1) is 23.5 Å². The zero-order chi connectivity index (χ0) is 18.9. The highest BCUT2D eigenvalue weighted by Crippen LogP contribution is 2.27. The molecule has 0 spiro atoms. The van der Waals surface area contributed by atoms with Gasteiger partial charge >= 0.3 is 0 Å². The smallest absolute Gasteiger partial charge is 0.277 e. The Morgan fingerprint density at radius 3 is 2.70 bits per heavy atom. The molecule has 1 atom stereocenters. The number of hydrogen-bond acceptors (Lipinski definition) is 8. The molecule has 1 aliphatic heterocycles. The van der Waals surface area contributed by atoms with Crippen molar-refractivity contribution in [3.05, 3.63) is 47.3 Å². The van der Waals surface area contributed by atoms with Gasteiger partial charge in [0.25, 0.3) is 5.22 Å². The number of aromatic nitrogens is 3. The third-order valence-electron chi connectivity index (χ3n) is 4.24. The van der Waals surface area contributed by atoms with Crippen LogP contribution in [0.2, 0.25) is 5.02 Å². The molecule has 3 aromatic rings. The maximum Gasteiger partial charge on any atom is 0.277 e. The minimum Gasteiger partial charge on any atom is -0.440 e. The van der Waals surface area contributed by atoms with E-state index in [1.165, 1.54) is 11.8 Å². The van der Waals surface area contributed by atoms with E-state index in [0.29, 0.717) is 46.4 Å². The van der Waals surface area contributed by atoms with Gasteiger partial charge in [0.1, 0.15) is 0 Å². The molecule has 2 aromatic heterocycles. The molecule has 3 heterocycles. The average molecular weight is 426 g/mol. The Bertz CT molecular complexity index is 1030. The molecular weight excluding hydrogens is 410 g/mol. The summed E-state index contributed by atoms with van der Waals surface area (Å²) in [5.74, 6) is 2.63. The van der Waals surface area contributed by atoms with E-state index in [1.54, 1.807) is 18.3 Å². The van der Waals surface area contributed by atoms with Crippen LogP contribution in [-0.2, 0) is 22.0 Å². The largest absolute Gasteiger partial charge is 0.440 e. The summed E-state index contributed by atoms with van der Waals surface area (Å²) in [4.78, 5) is 4.26. The van der Waals surface area contributed by atoms with Crippen LogP contribution in [0.15, 0.2) is 44.5 Å². The third kappa shape index (κ3) is 4.72. The van der Waals surface area contributed by atoms with Crippen LogP contribution in [-0.4, -0.2) is 35.1 Å². The first-order valence-corrected chi connectivity index (χ1v) is 11.5. The fraction of sp³-hybridized carbons (Fsp3) is 0.353. The quantitative estimate of drug-likeness (QED) is 0.552. The summed E-state index contributed by atoms with van der Waals surface area (Å²) in [6.07, 6.45) is 2.81. The molecule has 0 aliphatic carbocycles. The van der Waals surface area contributed by atoms with E-state index < -0.39 is 9.84 Å². The number of nitrogens with zero attached hydrogens (tertiary/aromatic N) is 3. The Morgan fingerprint density at radius 2 is 1.96 bits per heavy atom. The van der Waals surface area contributed by atoms with Crippen molar-refractivity contribution in [3.8, 4) is 11.3 Å². The van der Waals surface area contributed by atoms with Crippen molar-refractivity contribution < 1.29 is 17.3 Å². The van der Waals surface area contributed by atoms with Crippen LogP contribution < -0.4 is 0 Å². The van der Waals surface area contributed by atoms with Crippen molar-refractivity contribution >= 4 is 33.2 Å². The van der Waals surface area contributed by atoms with Crippen LogP contribution in [0.5, 0.6) is 0 Å². The van der Waals surface area contributed by atoms with Crippen molar-refractivity contribution in [2.75, 3.05) is 11.5 Å². The van der Waals surface area contributed by atoms with Crippen molar-refractivity contribution in [2.24, 2.45) is 5.92 Å². The molecule has 1 saturated heterocycles. The molecule has 142 valence electrons. The van der Waals surface area contributed by atoms with Crippen LogP contribution in [0.1, 0.15) is 18.2 Å². The first-order chi connectivity index (χ1) is 13.0. The second-order valence-electron chi connectivity index (χ2n) is 6.35. The lowest BCUT2D eigenvalue weighted by molar-refractivity contribution is 0.389. The normalized spacial score (nSPS) is 18.8. The standard InChI is InChI=1S/C17H16ClN3O4S2/c18-13-3-1-12(2-4-13)14-8-19-16(24-14)9-26-17-21-20-15(25-17)7-11-5-6-27(22,23)10-11/h1-4,8,11H,5-7,9-10H2/t11-/m1/s1. The van der Waals surface area contributed by atoms with Crippen molar-refractivity contribution in [2.45, 2.75) is 23.8 Å². The van der Waals surface area contributed by atoms with Gasteiger partial charge in [0.15, 0.2) is 15.6 Å². The van der Waals surface area contributed by atoms with Gasteiger partial charge in [-0.05, 0) is 36.6 Å². The number of benzene rings is 1. The molecule has 0 saturated carbocycles. The van der Waals surface area contributed by atoms with Gasteiger partial charge < -0.3 is 8.83 Å². The molecule has 4 rings (SSSR count). The minimum absolute atomic E-state index is 0.0574. The summed E-state index contributed by atoms with van der Waals surface area (Å²) in [5, 5.41) is 9.08. The highest BCUT2D eigenvalue weighted by molar-refractivity contribution is 7.98. The fourth-order valence-corrected chi connectivity index (χ4v) is 5.53. The van der Waals surface area contributed by atoms with E-state index >= 15 is 0 Å². The summed E-state index contributed by atoms with van der Waals surface area (Å²) in [7, 11) is -2.90. The predicted molar refractivity (Wildman–Crippen MR) is 101 cm³/mol. The maximum absolute atomic E-state index is 11.5. The van der Waals surface area contributed by atoms with E-state index in [-0.39, 0.29) is 17.4 Å². The van der Waals surface area contributed by atoms with Gasteiger partial charge in [-0.1, -0.05) is 23.4 Å². The SMILES string of the molecule is O=S1(=O)CC[C@H](Cc2nnc(SCc3ncc(-c4ccc(Cl)cc4)o3)o2)C1. The van der Waals surface area contributed by atoms with Crippen LogP contribution >= 0.6 is 23.4 Å². The lowest BCUT2D eigenvalue weighted by Gasteiger charge is -2.01. The molecule has 0 bridgehead atoms. The molecule has 1 fully saturated rings. The Morgan fingerprint density at radius 1 is 1.15 bits per heavy atom. The maximum atomic E-state index is 11.5. The summed E-state index contributed by atoms with van der Waals surface area (Å²) >= 11 is 7.22. The van der Waals surface area contributed by atoms with Gasteiger partial charge in [-0.2, -0.15) is 0 Å². The molecule has 0 amide bonds. The molecule has 10 heteroatoms.